The maximum Gasteiger partial charge on any atom is 0.101 e. The van der Waals surface area contributed by atoms with Crippen LogP contribution in [-0.4, -0.2) is 43.3 Å². The van der Waals surface area contributed by atoms with Gasteiger partial charge >= 0.3 is 0 Å². The van der Waals surface area contributed by atoms with Crippen LogP contribution in [0, 0.1) is 18.3 Å². The van der Waals surface area contributed by atoms with Crippen LogP contribution in [0.25, 0.3) is 0 Å². The Morgan fingerprint density at radius 2 is 2.40 bits per heavy atom. The van der Waals surface area contributed by atoms with Gasteiger partial charge in [-0.15, -0.1) is 0 Å². The van der Waals surface area contributed by atoms with E-state index < -0.39 is 0 Å². The first-order valence-electron chi connectivity index (χ1n) is 7.37. The number of nitriles is 1. The van der Waals surface area contributed by atoms with Crippen molar-refractivity contribution in [1.82, 2.24) is 4.90 Å². The van der Waals surface area contributed by atoms with Gasteiger partial charge in [0.1, 0.15) is 6.07 Å². The van der Waals surface area contributed by atoms with Crippen molar-refractivity contribution in [1.29, 1.82) is 5.26 Å². The third kappa shape index (κ3) is 2.65. The molecule has 2 fully saturated rings. The fourth-order valence-corrected chi connectivity index (χ4v) is 3.22. The molecular weight excluding hydrogens is 250 g/mol. The molecule has 4 nitrogen and oxygen atoms in total. The summed E-state index contributed by atoms with van der Waals surface area (Å²) in [5.74, 6) is 0. The number of morpholine rings is 1. The Balaban J connectivity index is 1.61. The maximum atomic E-state index is 9.17. The van der Waals surface area contributed by atoms with E-state index in [0.717, 1.165) is 30.9 Å². The van der Waals surface area contributed by atoms with E-state index in [4.69, 9.17) is 4.74 Å². The van der Waals surface area contributed by atoms with Crippen LogP contribution in [0.4, 0.5) is 5.69 Å². The normalized spacial score (nSPS) is 26.0. The van der Waals surface area contributed by atoms with Gasteiger partial charge in [-0.25, -0.2) is 0 Å². The highest BCUT2D eigenvalue weighted by Gasteiger charge is 2.32. The average Bonchev–Trinajstić information content (AvgIpc) is 2.93. The van der Waals surface area contributed by atoms with Gasteiger partial charge in [0.15, 0.2) is 0 Å². The minimum atomic E-state index is 0.218. The van der Waals surface area contributed by atoms with Crippen molar-refractivity contribution in [2.75, 3.05) is 31.6 Å². The van der Waals surface area contributed by atoms with Crippen molar-refractivity contribution in [3.05, 3.63) is 29.3 Å². The number of ether oxygens (including phenoxy) is 1. The molecule has 1 aromatic rings. The standard InChI is InChI=1S/C16H21N3O/c1-12-4-2-5-13(8-17)16(12)18-9-15-10-19-7-3-6-14(19)11-20-15/h2,4-5,14-15,18H,3,6-7,9-11H2,1H3. The van der Waals surface area contributed by atoms with Crippen LogP contribution in [0.2, 0.25) is 0 Å². The van der Waals surface area contributed by atoms with Crippen molar-refractivity contribution in [3.8, 4) is 6.07 Å². The zero-order valence-electron chi connectivity index (χ0n) is 11.9. The summed E-state index contributed by atoms with van der Waals surface area (Å²) in [5.41, 5.74) is 2.76. The quantitative estimate of drug-likeness (QED) is 0.915. The van der Waals surface area contributed by atoms with E-state index in [1.54, 1.807) is 0 Å². The summed E-state index contributed by atoms with van der Waals surface area (Å²) in [5, 5.41) is 12.6. The lowest BCUT2D eigenvalue weighted by atomic mass is 10.1. The predicted molar refractivity (Wildman–Crippen MR) is 78.7 cm³/mol. The Morgan fingerprint density at radius 1 is 1.50 bits per heavy atom. The molecule has 2 atom stereocenters. The second-order valence-electron chi connectivity index (χ2n) is 5.74. The zero-order valence-corrected chi connectivity index (χ0v) is 11.9. The molecule has 1 N–H and O–H groups in total. The van der Waals surface area contributed by atoms with E-state index >= 15 is 0 Å². The lowest BCUT2D eigenvalue weighted by Gasteiger charge is -2.35. The van der Waals surface area contributed by atoms with E-state index in [9.17, 15) is 5.26 Å². The summed E-state index contributed by atoms with van der Waals surface area (Å²) in [6.07, 6.45) is 2.79. The molecule has 1 aromatic carbocycles. The summed E-state index contributed by atoms with van der Waals surface area (Å²) >= 11 is 0. The molecule has 0 radical (unpaired) electrons. The summed E-state index contributed by atoms with van der Waals surface area (Å²) in [4.78, 5) is 2.54. The second-order valence-corrected chi connectivity index (χ2v) is 5.74. The summed E-state index contributed by atoms with van der Waals surface area (Å²) in [6.45, 7) is 5.86. The SMILES string of the molecule is Cc1cccc(C#N)c1NCC1CN2CCCC2CO1. The first-order valence-corrected chi connectivity index (χ1v) is 7.37. The minimum absolute atomic E-state index is 0.218. The Hall–Kier alpha value is -1.57. The van der Waals surface area contributed by atoms with Gasteiger partial charge in [-0.1, -0.05) is 12.1 Å². The van der Waals surface area contributed by atoms with E-state index in [1.165, 1.54) is 19.4 Å². The molecule has 0 saturated carbocycles. The summed E-state index contributed by atoms with van der Waals surface area (Å²) < 4.78 is 5.94. The summed E-state index contributed by atoms with van der Waals surface area (Å²) in [7, 11) is 0. The zero-order chi connectivity index (χ0) is 13.9. The Morgan fingerprint density at radius 3 is 3.25 bits per heavy atom. The van der Waals surface area contributed by atoms with Crippen molar-refractivity contribution < 1.29 is 4.74 Å². The van der Waals surface area contributed by atoms with Crippen molar-refractivity contribution in [2.45, 2.75) is 31.9 Å². The molecule has 2 aliphatic rings. The topological polar surface area (TPSA) is 48.3 Å². The number of hydrogen-bond donors (Lipinski definition) is 1. The first-order chi connectivity index (χ1) is 9.78. The van der Waals surface area contributed by atoms with Crippen LogP contribution in [0.15, 0.2) is 18.2 Å². The third-order valence-corrected chi connectivity index (χ3v) is 4.36. The maximum absolute atomic E-state index is 9.17. The molecule has 20 heavy (non-hydrogen) atoms. The van der Waals surface area contributed by atoms with Gasteiger partial charge in [0.2, 0.25) is 0 Å². The van der Waals surface area contributed by atoms with E-state index in [0.29, 0.717) is 11.6 Å². The number of nitrogens with one attached hydrogen (secondary N) is 1. The fraction of sp³-hybridized carbons (Fsp3) is 0.562. The number of hydrogen-bond acceptors (Lipinski definition) is 4. The van der Waals surface area contributed by atoms with Crippen LogP contribution in [0.3, 0.4) is 0 Å². The van der Waals surface area contributed by atoms with Crippen LogP contribution in [-0.2, 0) is 4.74 Å². The molecule has 0 bridgehead atoms. The lowest BCUT2D eigenvalue weighted by Crippen LogP contribution is -2.48. The molecule has 2 aliphatic heterocycles. The molecule has 106 valence electrons. The van der Waals surface area contributed by atoms with Gasteiger partial charge in [0.05, 0.1) is 24.0 Å². The van der Waals surface area contributed by atoms with Gasteiger partial charge in [-0.3, -0.25) is 4.90 Å². The predicted octanol–water partition coefficient (Wildman–Crippen LogP) is 2.14. The molecule has 0 aromatic heterocycles. The molecule has 3 rings (SSSR count). The number of anilines is 1. The molecule has 0 aliphatic carbocycles. The first kappa shape index (κ1) is 13.4. The average molecular weight is 271 g/mol. The number of rotatable bonds is 3. The third-order valence-electron chi connectivity index (χ3n) is 4.36. The van der Waals surface area contributed by atoms with E-state index in [-0.39, 0.29) is 6.10 Å². The van der Waals surface area contributed by atoms with Gasteiger partial charge in [0, 0.05) is 19.1 Å². The number of para-hydroxylation sites is 1. The minimum Gasteiger partial charge on any atom is -0.381 e. The van der Waals surface area contributed by atoms with Crippen molar-refractivity contribution >= 4 is 5.69 Å². The van der Waals surface area contributed by atoms with Gasteiger partial charge in [-0.05, 0) is 37.9 Å². The van der Waals surface area contributed by atoms with Crippen LogP contribution < -0.4 is 5.32 Å². The molecule has 4 heteroatoms. The number of nitrogens with zero attached hydrogens (tertiary/aromatic N) is 2. The second kappa shape index (κ2) is 5.82. The molecule has 2 unspecified atom stereocenters. The van der Waals surface area contributed by atoms with Crippen LogP contribution in [0.1, 0.15) is 24.0 Å². The largest absolute Gasteiger partial charge is 0.381 e. The van der Waals surface area contributed by atoms with Crippen LogP contribution in [0.5, 0.6) is 0 Å². The molecule has 0 spiro atoms. The molecule has 0 amide bonds. The number of fused-ring (bicyclic) bond motifs is 1. The Kier molecular flexibility index (Phi) is 3.90. The van der Waals surface area contributed by atoms with Gasteiger partial charge < -0.3 is 10.1 Å². The summed E-state index contributed by atoms with van der Waals surface area (Å²) in [6, 6.07) is 8.69. The molecular formula is C16H21N3O. The van der Waals surface area contributed by atoms with Crippen molar-refractivity contribution in [3.63, 3.8) is 0 Å². The number of benzene rings is 1. The fourth-order valence-electron chi connectivity index (χ4n) is 3.22. The van der Waals surface area contributed by atoms with Gasteiger partial charge in [-0.2, -0.15) is 5.26 Å². The van der Waals surface area contributed by atoms with Gasteiger partial charge in [0.25, 0.3) is 0 Å². The molecule has 2 saturated heterocycles. The Bertz CT molecular complexity index is 523. The number of aryl methyl sites for hydroxylation is 1. The van der Waals surface area contributed by atoms with Crippen LogP contribution >= 0.6 is 0 Å². The highest BCUT2D eigenvalue weighted by molar-refractivity contribution is 5.62. The van der Waals surface area contributed by atoms with Crippen molar-refractivity contribution in [2.24, 2.45) is 0 Å². The monoisotopic (exact) mass is 271 g/mol. The molecule has 2 heterocycles. The lowest BCUT2D eigenvalue weighted by molar-refractivity contribution is -0.0415. The highest BCUT2D eigenvalue weighted by atomic mass is 16.5. The van der Waals surface area contributed by atoms with E-state index in [2.05, 4.69) is 16.3 Å². The Labute approximate surface area is 120 Å². The van der Waals surface area contributed by atoms with E-state index in [1.807, 2.05) is 25.1 Å². The highest BCUT2D eigenvalue weighted by Crippen LogP contribution is 2.24. The smallest absolute Gasteiger partial charge is 0.101 e.